The monoisotopic (exact) mass is 451 g/mol. The maximum absolute atomic E-state index is 13.7. The molecular formula is C28H21NO3S. The molecule has 0 bridgehead atoms. The number of hydrogen-bond donors (Lipinski definition) is 0. The minimum atomic E-state index is -0.308. The Kier molecular flexibility index (Phi) is 5.71. The van der Waals surface area contributed by atoms with E-state index in [1.54, 1.807) is 19.2 Å². The number of rotatable bonds is 6. The third-order valence-corrected chi connectivity index (χ3v) is 6.80. The topological polar surface area (TPSA) is 46.6 Å². The van der Waals surface area contributed by atoms with Crippen LogP contribution < -0.4 is 9.64 Å². The molecule has 4 aromatic carbocycles. The molecule has 0 fully saturated rings. The van der Waals surface area contributed by atoms with Crippen molar-refractivity contribution in [1.29, 1.82) is 0 Å². The number of thioether (sulfide) groups is 1. The van der Waals surface area contributed by atoms with Crippen molar-refractivity contribution in [2.24, 2.45) is 0 Å². The van der Waals surface area contributed by atoms with Crippen molar-refractivity contribution in [1.82, 2.24) is 0 Å². The van der Waals surface area contributed by atoms with Gasteiger partial charge in [0.05, 0.1) is 23.3 Å². The lowest BCUT2D eigenvalue weighted by molar-refractivity contribution is -0.119. The van der Waals surface area contributed by atoms with Crippen molar-refractivity contribution in [3.8, 4) is 5.75 Å². The van der Waals surface area contributed by atoms with Crippen LogP contribution in [0.4, 0.5) is 5.69 Å². The summed E-state index contributed by atoms with van der Waals surface area (Å²) in [5.74, 6) is 0.693. The number of benzene rings is 4. The van der Waals surface area contributed by atoms with Crippen LogP contribution in [0.1, 0.15) is 11.1 Å². The van der Waals surface area contributed by atoms with Crippen LogP contribution in [0.25, 0.3) is 16.3 Å². The van der Waals surface area contributed by atoms with Gasteiger partial charge in [0.15, 0.2) is 0 Å². The minimum absolute atomic E-state index is 0.289. The maximum atomic E-state index is 13.7. The van der Waals surface area contributed by atoms with Gasteiger partial charge in [0.1, 0.15) is 5.75 Å². The van der Waals surface area contributed by atoms with Gasteiger partial charge in [-0.05, 0) is 34.7 Å². The van der Waals surface area contributed by atoms with Crippen molar-refractivity contribution < 1.29 is 14.3 Å². The first-order chi connectivity index (χ1) is 16.2. The van der Waals surface area contributed by atoms with Gasteiger partial charge in [-0.15, -0.1) is 11.8 Å². The Morgan fingerprint density at radius 2 is 1.45 bits per heavy atom. The molecule has 2 amide bonds. The highest BCUT2D eigenvalue weighted by Crippen LogP contribution is 2.41. The lowest BCUT2D eigenvalue weighted by Gasteiger charge is -2.17. The highest BCUT2D eigenvalue weighted by Gasteiger charge is 2.40. The summed E-state index contributed by atoms with van der Waals surface area (Å²) in [6, 6.07) is 30.7. The molecule has 162 valence electrons. The Bertz CT molecular complexity index is 1370. The molecule has 4 aromatic rings. The molecule has 0 unspecified atom stereocenters. The summed E-state index contributed by atoms with van der Waals surface area (Å²) in [5, 5.41) is 1.84. The number of nitrogens with zero attached hydrogens (tertiary/aromatic N) is 1. The zero-order chi connectivity index (χ0) is 22.8. The minimum Gasteiger partial charge on any atom is -0.497 e. The molecule has 1 aliphatic heterocycles. The van der Waals surface area contributed by atoms with Gasteiger partial charge in [0.25, 0.3) is 11.8 Å². The fourth-order valence-corrected chi connectivity index (χ4v) is 5.08. The average molecular weight is 452 g/mol. The molecule has 5 rings (SSSR count). The number of fused-ring (bicyclic) bond motifs is 1. The van der Waals surface area contributed by atoms with E-state index in [-0.39, 0.29) is 11.8 Å². The van der Waals surface area contributed by atoms with Gasteiger partial charge < -0.3 is 4.74 Å². The van der Waals surface area contributed by atoms with E-state index in [9.17, 15) is 9.59 Å². The molecule has 0 saturated carbocycles. The van der Waals surface area contributed by atoms with E-state index in [2.05, 4.69) is 0 Å². The number of methoxy groups -OCH3 is 1. The summed E-state index contributed by atoms with van der Waals surface area (Å²) in [7, 11) is 1.60. The summed E-state index contributed by atoms with van der Waals surface area (Å²) in [5.41, 5.74) is 2.82. The van der Waals surface area contributed by atoms with Crippen LogP contribution in [0.15, 0.2) is 102 Å². The maximum Gasteiger partial charge on any atom is 0.272 e. The third kappa shape index (κ3) is 3.92. The van der Waals surface area contributed by atoms with E-state index in [1.807, 2.05) is 84.9 Å². The van der Waals surface area contributed by atoms with Gasteiger partial charge >= 0.3 is 0 Å². The number of amides is 2. The van der Waals surface area contributed by atoms with Crippen LogP contribution in [-0.4, -0.2) is 18.9 Å². The number of anilines is 1. The fraction of sp³-hybridized carbons (Fsp3) is 0.0714. The standard InChI is InChI=1S/C28H21NO3S/c1-32-22-16-14-21(15-17-22)25-26(33-18-19-8-3-2-4-9-19)28(31)29(27(25)30)24-13-7-11-20-10-5-6-12-23(20)24/h2-17H,18H2,1H3. The largest absolute Gasteiger partial charge is 0.497 e. The van der Waals surface area contributed by atoms with Crippen molar-refractivity contribution in [3.63, 3.8) is 0 Å². The second kappa shape index (κ2) is 8.96. The predicted octanol–water partition coefficient (Wildman–Crippen LogP) is 6.07. The Morgan fingerprint density at radius 3 is 2.21 bits per heavy atom. The first-order valence-electron chi connectivity index (χ1n) is 10.6. The third-order valence-electron chi connectivity index (χ3n) is 5.65. The smallest absolute Gasteiger partial charge is 0.272 e. The summed E-state index contributed by atoms with van der Waals surface area (Å²) in [4.78, 5) is 29.2. The molecule has 0 saturated heterocycles. The van der Waals surface area contributed by atoms with Gasteiger partial charge in [-0.25, -0.2) is 4.90 Å². The molecule has 1 heterocycles. The molecule has 5 heteroatoms. The Hall–Kier alpha value is -3.83. The highest BCUT2D eigenvalue weighted by atomic mass is 32.2. The second-order valence-corrected chi connectivity index (χ2v) is 8.64. The van der Waals surface area contributed by atoms with E-state index in [4.69, 9.17) is 4.74 Å². The van der Waals surface area contributed by atoms with Gasteiger partial charge in [-0.3, -0.25) is 9.59 Å². The van der Waals surface area contributed by atoms with Crippen molar-refractivity contribution in [2.45, 2.75) is 5.75 Å². The van der Waals surface area contributed by atoms with E-state index >= 15 is 0 Å². The summed E-state index contributed by atoms with van der Waals surface area (Å²) in [6.45, 7) is 0. The highest BCUT2D eigenvalue weighted by molar-refractivity contribution is 8.03. The first-order valence-corrected chi connectivity index (χ1v) is 11.6. The quantitative estimate of drug-likeness (QED) is 0.334. The van der Waals surface area contributed by atoms with Gasteiger partial charge in [-0.1, -0.05) is 78.9 Å². The molecule has 1 aliphatic rings. The SMILES string of the molecule is COc1ccc(C2=C(SCc3ccccc3)C(=O)N(c3cccc4ccccc34)C2=O)cc1. The lowest BCUT2D eigenvalue weighted by atomic mass is 10.1. The Balaban J connectivity index is 1.59. The van der Waals surface area contributed by atoms with Crippen molar-refractivity contribution in [2.75, 3.05) is 12.0 Å². The Morgan fingerprint density at radius 1 is 0.758 bits per heavy atom. The number of imide groups is 1. The van der Waals surface area contributed by atoms with E-state index < -0.39 is 0 Å². The van der Waals surface area contributed by atoms with Crippen LogP contribution in [0.2, 0.25) is 0 Å². The number of carbonyl (C=O) groups excluding carboxylic acids is 2. The molecule has 0 atom stereocenters. The first kappa shape index (κ1) is 21.0. The molecule has 0 spiro atoms. The van der Waals surface area contributed by atoms with Crippen LogP contribution in [-0.2, 0) is 15.3 Å². The van der Waals surface area contributed by atoms with E-state index in [0.717, 1.165) is 16.3 Å². The van der Waals surface area contributed by atoms with Gasteiger partial charge in [-0.2, -0.15) is 0 Å². The normalized spacial score (nSPS) is 13.8. The van der Waals surface area contributed by atoms with Crippen molar-refractivity contribution >= 4 is 45.6 Å². The summed E-state index contributed by atoms with van der Waals surface area (Å²) < 4.78 is 5.27. The lowest BCUT2D eigenvalue weighted by Crippen LogP contribution is -2.31. The molecule has 4 nitrogen and oxygen atoms in total. The molecule has 33 heavy (non-hydrogen) atoms. The van der Waals surface area contributed by atoms with Crippen LogP contribution in [0.5, 0.6) is 5.75 Å². The van der Waals surface area contributed by atoms with Gasteiger partial charge in [0, 0.05) is 11.1 Å². The molecular weight excluding hydrogens is 430 g/mol. The summed E-state index contributed by atoms with van der Waals surface area (Å²) >= 11 is 1.40. The van der Waals surface area contributed by atoms with Crippen LogP contribution in [0, 0.1) is 0 Å². The van der Waals surface area contributed by atoms with Gasteiger partial charge in [0.2, 0.25) is 0 Å². The molecule has 0 radical (unpaired) electrons. The second-order valence-electron chi connectivity index (χ2n) is 7.65. The fourth-order valence-electron chi connectivity index (χ4n) is 4.01. The van der Waals surface area contributed by atoms with E-state index in [0.29, 0.717) is 33.2 Å². The zero-order valence-corrected chi connectivity index (χ0v) is 18.8. The van der Waals surface area contributed by atoms with E-state index in [1.165, 1.54) is 16.7 Å². The zero-order valence-electron chi connectivity index (χ0n) is 18.0. The van der Waals surface area contributed by atoms with Crippen LogP contribution >= 0.6 is 11.8 Å². The van der Waals surface area contributed by atoms with Crippen LogP contribution in [0.3, 0.4) is 0 Å². The number of carbonyl (C=O) groups is 2. The number of ether oxygens (including phenoxy) is 1. The average Bonchev–Trinajstić information content (AvgIpc) is 3.12. The number of hydrogen-bond acceptors (Lipinski definition) is 4. The summed E-state index contributed by atoms with van der Waals surface area (Å²) in [6.07, 6.45) is 0. The van der Waals surface area contributed by atoms with Crippen molar-refractivity contribution in [3.05, 3.63) is 113 Å². The Labute approximate surface area is 196 Å². The predicted molar refractivity (Wildman–Crippen MR) is 134 cm³/mol. The molecule has 0 N–H and O–H groups in total. The molecule has 0 aromatic heterocycles. The molecule has 0 aliphatic carbocycles.